The Labute approximate surface area is 114 Å². The van der Waals surface area contributed by atoms with Gasteiger partial charge in [0.25, 0.3) is 0 Å². The highest BCUT2D eigenvalue weighted by atomic mass is 35.5. The van der Waals surface area contributed by atoms with Crippen LogP contribution in [0.1, 0.15) is 23.3 Å². The zero-order chi connectivity index (χ0) is 13.4. The molecule has 6 heteroatoms. The number of benzene rings is 1. The number of halogens is 1. The monoisotopic (exact) mass is 274 g/mol. The van der Waals surface area contributed by atoms with E-state index in [-0.39, 0.29) is 0 Å². The van der Waals surface area contributed by atoms with E-state index >= 15 is 0 Å². The van der Waals surface area contributed by atoms with Crippen molar-refractivity contribution in [2.45, 2.75) is 13.0 Å². The third-order valence-corrected chi connectivity index (χ3v) is 3.11. The average molecular weight is 275 g/mol. The zero-order valence-electron chi connectivity index (χ0n) is 10.2. The van der Waals surface area contributed by atoms with Crippen molar-refractivity contribution in [1.82, 2.24) is 19.6 Å². The van der Waals surface area contributed by atoms with Gasteiger partial charge in [-0.25, -0.2) is 4.98 Å². The molecule has 19 heavy (non-hydrogen) atoms. The summed E-state index contributed by atoms with van der Waals surface area (Å²) in [6.07, 6.45) is -0.849. The summed E-state index contributed by atoms with van der Waals surface area (Å²) in [7, 11) is 0. The second-order valence-electron chi connectivity index (χ2n) is 4.19. The van der Waals surface area contributed by atoms with E-state index in [4.69, 9.17) is 11.6 Å². The lowest BCUT2D eigenvalue weighted by Crippen LogP contribution is -2.08. The second kappa shape index (κ2) is 4.60. The molecule has 2 aromatic heterocycles. The zero-order valence-corrected chi connectivity index (χ0v) is 10.9. The van der Waals surface area contributed by atoms with Crippen LogP contribution in [0.4, 0.5) is 0 Å². The van der Waals surface area contributed by atoms with Crippen LogP contribution in [0.3, 0.4) is 0 Å². The Balaban J connectivity index is 2.16. The van der Waals surface area contributed by atoms with Gasteiger partial charge in [-0.2, -0.15) is 0 Å². The van der Waals surface area contributed by atoms with Crippen LogP contribution in [-0.2, 0) is 0 Å². The van der Waals surface area contributed by atoms with Crippen molar-refractivity contribution in [1.29, 1.82) is 0 Å². The molecule has 2 heterocycles. The average Bonchev–Trinajstić information content (AvgIpc) is 2.83. The van der Waals surface area contributed by atoms with Gasteiger partial charge in [0, 0.05) is 6.07 Å². The minimum atomic E-state index is -0.849. The summed E-state index contributed by atoms with van der Waals surface area (Å²) in [5.41, 5.74) is 1.33. The maximum absolute atomic E-state index is 10.4. The molecule has 96 valence electrons. The Kier molecular flexibility index (Phi) is 2.93. The normalized spacial score (nSPS) is 12.8. The van der Waals surface area contributed by atoms with Crippen molar-refractivity contribution in [3.05, 3.63) is 58.8 Å². The van der Waals surface area contributed by atoms with Crippen molar-refractivity contribution >= 4 is 17.2 Å². The van der Waals surface area contributed by atoms with Crippen molar-refractivity contribution in [2.75, 3.05) is 0 Å². The molecule has 5 nitrogen and oxygen atoms in total. The minimum absolute atomic E-state index is 0.359. The van der Waals surface area contributed by atoms with Crippen LogP contribution in [0.5, 0.6) is 0 Å². The largest absolute Gasteiger partial charge is 0.380 e. The second-order valence-corrected chi connectivity index (χ2v) is 4.58. The van der Waals surface area contributed by atoms with E-state index in [2.05, 4.69) is 15.2 Å². The van der Waals surface area contributed by atoms with Gasteiger partial charge >= 0.3 is 0 Å². The van der Waals surface area contributed by atoms with Crippen LogP contribution in [0.2, 0.25) is 5.15 Å². The van der Waals surface area contributed by atoms with E-state index < -0.39 is 6.10 Å². The van der Waals surface area contributed by atoms with Crippen molar-refractivity contribution in [3.8, 4) is 0 Å². The molecule has 3 aromatic rings. The van der Waals surface area contributed by atoms with Gasteiger partial charge < -0.3 is 5.11 Å². The number of rotatable bonds is 2. The SMILES string of the molecule is Cc1nc(Cl)cc2nnc(C(O)c3ccccc3)n12. The lowest BCUT2D eigenvalue weighted by Gasteiger charge is -2.10. The predicted molar refractivity (Wildman–Crippen MR) is 71.0 cm³/mol. The highest BCUT2D eigenvalue weighted by molar-refractivity contribution is 6.29. The third kappa shape index (κ3) is 2.07. The summed E-state index contributed by atoms with van der Waals surface area (Å²) in [5, 5.41) is 18.8. The Morgan fingerprint density at radius 3 is 2.68 bits per heavy atom. The molecule has 0 fully saturated rings. The molecule has 0 saturated carbocycles. The van der Waals surface area contributed by atoms with Gasteiger partial charge in [0.05, 0.1) is 0 Å². The molecule has 0 spiro atoms. The van der Waals surface area contributed by atoms with E-state index in [0.717, 1.165) is 5.56 Å². The number of fused-ring (bicyclic) bond motifs is 1. The summed E-state index contributed by atoms with van der Waals surface area (Å²) in [5.74, 6) is 1.07. The quantitative estimate of drug-likeness (QED) is 0.728. The van der Waals surface area contributed by atoms with Crippen molar-refractivity contribution < 1.29 is 5.11 Å². The molecule has 0 saturated heterocycles. The van der Waals surface area contributed by atoms with Gasteiger partial charge in [-0.3, -0.25) is 4.40 Å². The Bertz CT molecular complexity index is 726. The van der Waals surface area contributed by atoms with Crippen LogP contribution in [0.15, 0.2) is 36.4 Å². The van der Waals surface area contributed by atoms with Gasteiger partial charge in [-0.05, 0) is 12.5 Å². The van der Waals surface area contributed by atoms with E-state index in [0.29, 0.717) is 22.4 Å². The molecular weight excluding hydrogens is 264 g/mol. The van der Waals surface area contributed by atoms with Gasteiger partial charge in [0.15, 0.2) is 11.5 Å². The van der Waals surface area contributed by atoms with Gasteiger partial charge in [-0.1, -0.05) is 41.9 Å². The van der Waals surface area contributed by atoms with Crippen LogP contribution in [0.25, 0.3) is 5.65 Å². The maximum Gasteiger partial charge on any atom is 0.172 e. The fraction of sp³-hybridized carbons (Fsp3) is 0.154. The molecular formula is C13H11ClN4O. The Hall–Kier alpha value is -1.98. The first-order chi connectivity index (χ1) is 9.16. The molecule has 0 aliphatic heterocycles. The number of aryl methyl sites for hydroxylation is 1. The molecule has 0 aliphatic carbocycles. The molecule has 1 atom stereocenters. The van der Waals surface area contributed by atoms with E-state index in [1.165, 1.54) is 0 Å². The standard InChI is InChI=1S/C13H11ClN4O/c1-8-15-10(14)7-11-16-17-13(18(8)11)12(19)9-5-3-2-4-6-9/h2-7,12,19H,1H3. The fourth-order valence-electron chi connectivity index (χ4n) is 2.04. The minimum Gasteiger partial charge on any atom is -0.380 e. The molecule has 3 rings (SSSR count). The summed E-state index contributed by atoms with van der Waals surface area (Å²) >= 11 is 5.88. The number of aromatic nitrogens is 4. The molecule has 1 unspecified atom stereocenters. The maximum atomic E-state index is 10.4. The van der Waals surface area contributed by atoms with Crippen LogP contribution in [-0.4, -0.2) is 24.7 Å². The summed E-state index contributed by atoms with van der Waals surface area (Å²) < 4.78 is 1.70. The molecule has 0 radical (unpaired) electrons. The van der Waals surface area contributed by atoms with Gasteiger partial charge in [-0.15, -0.1) is 10.2 Å². The predicted octanol–water partition coefficient (Wildman–Crippen LogP) is 2.17. The number of hydrogen-bond acceptors (Lipinski definition) is 4. The first kappa shape index (κ1) is 12.1. The molecule has 0 amide bonds. The smallest absolute Gasteiger partial charge is 0.172 e. The first-order valence-electron chi connectivity index (χ1n) is 5.78. The van der Waals surface area contributed by atoms with Crippen LogP contribution < -0.4 is 0 Å². The van der Waals surface area contributed by atoms with E-state index in [9.17, 15) is 5.11 Å². The molecule has 1 aromatic carbocycles. The number of aliphatic hydroxyl groups excluding tert-OH is 1. The van der Waals surface area contributed by atoms with Crippen LogP contribution >= 0.6 is 11.6 Å². The van der Waals surface area contributed by atoms with Crippen molar-refractivity contribution in [2.24, 2.45) is 0 Å². The Morgan fingerprint density at radius 1 is 1.21 bits per heavy atom. The lowest BCUT2D eigenvalue weighted by molar-refractivity contribution is 0.208. The first-order valence-corrected chi connectivity index (χ1v) is 6.16. The van der Waals surface area contributed by atoms with E-state index in [1.807, 2.05) is 30.3 Å². The highest BCUT2D eigenvalue weighted by Crippen LogP contribution is 2.22. The fourth-order valence-corrected chi connectivity index (χ4v) is 2.26. The number of nitrogens with zero attached hydrogens (tertiary/aromatic N) is 4. The number of aliphatic hydroxyl groups is 1. The topological polar surface area (TPSA) is 63.3 Å². The van der Waals surface area contributed by atoms with Gasteiger partial charge in [0.2, 0.25) is 0 Å². The summed E-state index contributed by atoms with van der Waals surface area (Å²) in [6, 6.07) is 10.9. The van der Waals surface area contributed by atoms with Gasteiger partial charge in [0.1, 0.15) is 17.1 Å². The molecule has 0 bridgehead atoms. The summed E-state index contributed by atoms with van der Waals surface area (Å²) in [6.45, 7) is 1.80. The Morgan fingerprint density at radius 2 is 1.95 bits per heavy atom. The van der Waals surface area contributed by atoms with E-state index in [1.54, 1.807) is 17.4 Å². The lowest BCUT2D eigenvalue weighted by atomic mass is 10.1. The van der Waals surface area contributed by atoms with Crippen molar-refractivity contribution in [3.63, 3.8) is 0 Å². The molecule has 1 N–H and O–H groups in total. The summed E-state index contributed by atoms with van der Waals surface area (Å²) in [4.78, 5) is 4.15. The number of hydrogen-bond donors (Lipinski definition) is 1. The molecule has 0 aliphatic rings. The van der Waals surface area contributed by atoms with Crippen LogP contribution in [0, 0.1) is 6.92 Å². The third-order valence-electron chi connectivity index (χ3n) is 2.91. The highest BCUT2D eigenvalue weighted by Gasteiger charge is 2.19.